The zero-order valence-electron chi connectivity index (χ0n) is 17.3. The van der Waals surface area contributed by atoms with E-state index in [9.17, 15) is 18.0 Å². The molecule has 2 amide bonds. The number of aromatic nitrogens is 3. The van der Waals surface area contributed by atoms with Gasteiger partial charge in [-0.2, -0.15) is 18.2 Å². The SMILES string of the molecule is CNC(=O)Nc1nc2c(s1)C1COCC(C2)N1c1nc(C2CCC(C(F)(F)F)CC2)no1. The van der Waals surface area contributed by atoms with Gasteiger partial charge < -0.3 is 19.5 Å². The van der Waals surface area contributed by atoms with Gasteiger partial charge in [-0.25, -0.2) is 9.78 Å². The molecule has 4 heterocycles. The molecule has 0 spiro atoms. The highest BCUT2D eigenvalue weighted by Crippen LogP contribution is 2.45. The van der Waals surface area contributed by atoms with E-state index in [2.05, 4.69) is 25.8 Å². The lowest BCUT2D eigenvalue weighted by Crippen LogP contribution is -2.51. The minimum absolute atomic E-state index is 0.0505. The number of hydrogen-bond acceptors (Lipinski definition) is 8. The number of carbonyl (C=O) groups excluding carboxylic acids is 1. The summed E-state index contributed by atoms with van der Waals surface area (Å²) in [5.41, 5.74) is 0.918. The molecule has 9 nitrogen and oxygen atoms in total. The third-order valence-corrected chi connectivity index (χ3v) is 7.54. The number of thiazole rings is 1. The molecule has 1 aliphatic carbocycles. The molecule has 2 atom stereocenters. The van der Waals surface area contributed by atoms with Crippen molar-refractivity contribution in [2.75, 3.05) is 30.5 Å². The summed E-state index contributed by atoms with van der Waals surface area (Å²) in [5, 5.41) is 9.84. The Morgan fingerprint density at radius 1 is 1.19 bits per heavy atom. The minimum atomic E-state index is -4.14. The van der Waals surface area contributed by atoms with Gasteiger partial charge in [0.05, 0.1) is 41.8 Å². The first-order valence-corrected chi connectivity index (χ1v) is 11.4. The fraction of sp³-hybridized carbons (Fsp3) is 0.684. The largest absolute Gasteiger partial charge is 0.391 e. The zero-order chi connectivity index (χ0) is 22.5. The van der Waals surface area contributed by atoms with Crippen molar-refractivity contribution in [1.82, 2.24) is 20.4 Å². The van der Waals surface area contributed by atoms with Crippen LogP contribution in [0.2, 0.25) is 0 Å². The molecule has 174 valence electrons. The van der Waals surface area contributed by atoms with Crippen molar-refractivity contribution < 1.29 is 27.2 Å². The summed E-state index contributed by atoms with van der Waals surface area (Å²) in [7, 11) is 1.54. The summed E-state index contributed by atoms with van der Waals surface area (Å²) in [6.07, 6.45) is -2.57. The Kier molecular flexibility index (Phi) is 5.48. The van der Waals surface area contributed by atoms with Gasteiger partial charge in [0.25, 0.3) is 0 Å². The molecule has 2 aliphatic heterocycles. The van der Waals surface area contributed by atoms with E-state index in [1.54, 1.807) is 0 Å². The van der Waals surface area contributed by atoms with Gasteiger partial charge in [0.2, 0.25) is 0 Å². The number of rotatable bonds is 3. The number of nitrogens with one attached hydrogen (secondary N) is 2. The first-order chi connectivity index (χ1) is 15.3. The van der Waals surface area contributed by atoms with Crippen molar-refractivity contribution in [2.24, 2.45) is 5.92 Å². The van der Waals surface area contributed by atoms with Crippen LogP contribution in [-0.4, -0.2) is 53.6 Å². The molecule has 32 heavy (non-hydrogen) atoms. The van der Waals surface area contributed by atoms with E-state index in [1.807, 2.05) is 4.90 Å². The number of carbonyl (C=O) groups is 1. The third kappa shape index (κ3) is 3.91. The van der Waals surface area contributed by atoms with Crippen LogP contribution in [0.15, 0.2) is 4.52 Å². The van der Waals surface area contributed by atoms with Crippen LogP contribution in [0.25, 0.3) is 0 Å². The molecular formula is C19H23F3N6O3S. The lowest BCUT2D eigenvalue weighted by molar-refractivity contribution is -0.182. The van der Waals surface area contributed by atoms with Crippen LogP contribution in [0.3, 0.4) is 0 Å². The summed E-state index contributed by atoms with van der Waals surface area (Å²) in [5.74, 6) is -0.905. The molecule has 5 rings (SSSR count). The summed E-state index contributed by atoms with van der Waals surface area (Å²) in [4.78, 5) is 23.8. The Hall–Kier alpha value is -2.41. The first-order valence-electron chi connectivity index (χ1n) is 10.6. The maximum atomic E-state index is 13.0. The summed E-state index contributed by atoms with van der Waals surface area (Å²) in [6, 6.07) is -0.208. The van der Waals surface area contributed by atoms with Crippen LogP contribution in [0.1, 0.15) is 54.0 Å². The summed E-state index contributed by atoms with van der Waals surface area (Å²) >= 11 is 1.38. The molecule has 2 fully saturated rings. The van der Waals surface area contributed by atoms with Crippen LogP contribution in [0, 0.1) is 5.92 Å². The topological polar surface area (TPSA) is 105 Å². The van der Waals surface area contributed by atoms with Crippen LogP contribution in [0.5, 0.6) is 0 Å². The highest BCUT2D eigenvalue weighted by molar-refractivity contribution is 7.16. The zero-order valence-corrected chi connectivity index (χ0v) is 18.1. The predicted octanol–water partition coefficient (Wildman–Crippen LogP) is 3.62. The monoisotopic (exact) mass is 472 g/mol. The van der Waals surface area contributed by atoms with E-state index in [0.29, 0.717) is 49.4 Å². The van der Waals surface area contributed by atoms with E-state index >= 15 is 0 Å². The van der Waals surface area contributed by atoms with Gasteiger partial charge >= 0.3 is 18.2 Å². The van der Waals surface area contributed by atoms with Gasteiger partial charge in [0.1, 0.15) is 0 Å². The molecule has 0 aromatic carbocycles. The number of fused-ring (bicyclic) bond motifs is 4. The maximum Gasteiger partial charge on any atom is 0.391 e. The molecular weight excluding hydrogens is 449 g/mol. The van der Waals surface area contributed by atoms with E-state index in [4.69, 9.17) is 9.26 Å². The molecule has 1 saturated carbocycles. The second kappa shape index (κ2) is 8.18. The Balaban J connectivity index is 1.34. The van der Waals surface area contributed by atoms with E-state index in [0.717, 1.165) is 10.6 Å². The first kappa shape index (κ1) is 21.4. The number of ether oxygens (including phenoxy) is 1. The second-order valence-corrected chi connectivity index (χ2v) is 9.41. The smallest absolute Gasteiger partial charge is 0.377 e. The van der Waals surface area contributed by atoms with Crippen molar-refractivity contribution in [3.05, 3.63) is 16.4 Å². The predicted molar refractivity (Wildman–Crippen MR) is 109 cm³/mol. The highest BCUT2D eigenvalue weighted by Gasteiger charge is 2.45. The van der Waals surface area contributed by atoms with Gasteiger partial charge in [-0.1, -0.05) is 16.5 Å². The molecule has 2 aromatic rings. The fourth-order valence-electron chi connectivity index (χ4n) is 4.76. The Labute approximate surface area is 185 Å². The number of amides is 2. The summed E-state index contributed by atoms with van der Waals surface area (Å²) < 4.78 is 50.2. The number of halogens is 3. The van der Waals surface area contributed by atoms with Crippen molar-refractivity contribution in [3.8, 4) is 0 Å². The number of nitrogens with zero attached hydrogens (tertiary/aromatic N) is 4. The van der Waals surface area contributed by atoms with Gasteiger partial charge in [-0.05, 0) is 25.7 Å². The Bertz CT molecular complexity index is 987. The van der Waals surface area contributed by atoms with Crippen LogP contribution < -0.4 is 15.5 Å². The number of morpholine rings is 1. The van der Waals surface area contributed by atoms with E-state index < -0.39 is 12.1 Å². The fourth-order valence-corrected chi connectivity index (χ4v) is 5.83. The molecule has 2 bridgehead atoms. The Morgan fingerprint density at radius 3 is 2.69 bits per heavy atom. The van der Waals surface area contributed by atoms with E-state index in [-0.39, 0.29) is 36.9 Å². The maximum absolute atomic E-state index is 13.0. The van der Waals surface area contributed by atoms with Crippen LogP contribution >= 0.6 is 11.3 Å². The lowest BCUT2D eigenvalue weighted by atomic mass is 9.81. The number of alkyl halides is 3. The molecule has 2 unspecified atom stereocenters. The second-order valence-electron chi connectivity index (χ2n) is 8.38. The average molecular weight is 472 g/mol. The average Bonchev–Trinajstić information content (AvgIpc) is 3.40. The van der Waals surface area contributed by atoms with Crippen LogP contribution in [0.4, 0.5) is 29.1 Å². The van der Waals surface area contributed by atoms with E-state index in [1.165, 1.54) is 18.4 Å². The number of anilines is 2. The molecule has 0 radical (unpaired) electrons. The summed E-state index contributed by atoms with van der Waals surface area (Å²) in [6.45, 7) is 0.888. The molecule has 13 heteroatoms. The number of urea groups is 1. The normalized spacial score (nSPS) is 27.7. The van der Waals surface area contributed by atoms with Gasteiger partial charge in [-0.15, -0.1) is 0 Å². The molecule has 3 aliphatic rings. The van der Waals surface area contributed by atoms with Crippen molar-refractivity contribution in [1.29, 1.82) is 0 Å². The highest BCUT2D eigenvalue weighted by atomic mass is 32.1. The lowest BCUT2D eigenvalue weighted by Gasteiger charge is -2.43. The Morgan fingerprint density at radius 2 is 1.97 bits per heavy atom. The van der Waals surface area contributed by atoms with Gasteiger partial charge in [0.15, 0.2) is 11.0 Å². The molecule has 1 saturated heterocycles. The van der Waals surface area contributed by atoms with Crippen LogP contribution in [-0.2, 0) is 11.2 Å². The molecule has 2 aromatic heterocycles. The van der Waals surface area contributed by atoms with Gasteiger partial charge in [-0.3, -0.25) is 5.32 Å². The standard InChI is InChI=1S/C19H23F3N6O3S/c1-23-16(29)26-17-24-12-6-11-7-30-8-13(14(12)32-17)28(11)18-25-15(27-31-18)9-2-4-10(5-3-9)19(20,21)22/h9-11,13H,2-8H2,1H3,(H2,23,24,26,29). The van der Waals surface area contributed by atoms with Crippen molar-refractivity contribution in [2.45, 2.75) is 56.3 Å². The quantitative estimate of drug-likeness (QED) is 0.703. The van der Waals surface area contributed by atoms with Crippen molar-refractivity contribution in [3.63, 3.8) is 0 Å². The third-order valence-electron chi connectivity index (χ3n) is 6.43. The molecule has 2 N–H and O–H groups in total. The van der Waals surface area contributed by atoms with Crippen molar-refractivity contribution >= 4 is 28.5 Å². The number of hydrogen-bond donors (Lipinski definition) is 2. The minimum Gasteiger partial charge on any atom is -0.377 e. The van der Waals surface area contributed by atoms with Gasteiger partial charge in [0, 0.05) is 19.4 Å².